The molecule has 35 heavy (non-hydrogen) atoms. The van der Waals surface area contributed by atoms with E-state index in [4.69, 9.17) is 4.74 Å². The third-order valence-electron chi connectivity index (χ3n) is 5.84. The number of rotatable bonds is 6. The van der Waals surface area contributed by atoms with Crippen molar-refractivity contribution >= 4 is 17.4 Å². The number of aryl methyl sites for hydroxylation is 1. The van der Waals surface area contributed by atoms with Gasteiger partial charge in [-0.1, -0.05) is 18.2 Å². The van der Waals surface area contributed by atoms with Gasteiger partial charge in [-0.2, -0.15) is 18.3 Å². The molecule has 4 rings (SSSR count). The molecule has 0 aliphatic carbocycles. The first kappa shape index (κ1) is 24.6. The fourth-order valence-corrected chi connectivity index (χ4v) is 4.10. The van der Waals surface area contributed by atoms with Crippen molar-refractivity contribution in [3.05, 3.63) is 76.6 Å². The van der Waals surface area contributed by atoms with Crippen LogP contribution in [0.3, 0.4) is 0 Å². The molecule has 1 N–H and O–H groups in total. The number of carbonyl (C=O) groups is 2. The van der Waals surface area contributed by atoms with Crippen LogP contribution in [0.2, 0.25) is 0 Å². The van der Waals surface area contributed by atoms with Gasteiger partial charge in [0.25, 0.3) is 11.7 Å². The van der Waals surface area contributed by atoms with E-state index >= 15 is 0 Å². The van der Waals surface area contributed by atoms with Gasteiger partial charge in [-0.15, -0.1) is 0 Å². The molecule has 1 amide bonds. The number of aromatic nitrogens is 2. The summed E-state index contributed by atoms with van der Waals surface area (Å²) in [5, 5.41) is 6.86. The lowest BCUT2D eigenvalue weighted by molar-refractivity contribution is -0.137. The maximum absolute atomic E-state index is 13.1. The number of morpholine rings is 1. The molecular formula is C25H25F3N4O3. The summed E-state index contributed by atoms with van der Waals surface area (Å²) in [4.78, 5) is 28.0. The molecule has 184 valence electrons. The molecule has 0 saturated carbocycles. The normalized spacial score (nSPS) is 14.7. The Morgan fingerprint density at radius 2 is 1.77 bits per heavy atom. The summed E-state index contributed by atoms with van der Waals surface area (Å²) in [6.07, 6.45) is -4.51. The summed E-state index contributed by atoms with van der Waals surface area (Å²) >= 11 is 0. The van der Waals surface area contributed by atoms with Crippen LogP contribution in [0.4, 0.5) is 18.9 Å². The number of Topliss-reactive ketones (excluding diaryl/α,β-unsaturated/α-hetero) is 1. The average molecular weight is 486 g/mol. The Morgan fingerprint density at radius 1 is 1.06 bits per heavy atom. The lowest BCUT2D eigenvalue weighted by Gasteiger charge is -2.26. The van der Waals surface area contributed by atoms with Crippen LogP contribution >= 0.6 is 0 Å². The number of nitrogens with one attached hydrogen (secondary N) is 1. The smallest absolute Gasteiger partial charge is 0.379 e. The van der Waals surface area contributed by atoms with Gasteiger partial charge in [0.15, 0.2) is 0 Å². The van der Waals surface area contributed by atoms with Gasteiger partial charge in [-0.05, 0) is 49.7 Å². The van der Waals surface area contributed by atoms with E-state index < -0.39 is 23.4 Å². The number of halogens is 3. The van der Waals surface area contributed by atoms with Crippen molar-refractivity contribution in [1.82, 2.24) is 14.7 Å². The summed E-state index contributed by atoms with van der Waals surface area (Å²) in [6.45, 7) is 6.79. The van der Waals surface area contributed by atoms with Gasteiger partial charge in [0, 0.05) is 25.3 Å². The van der Waals surface area contributed by atoms with Crippen LogP contribution < -0.4 is 5.32 Å². The first-order valence-corrected chi connectivity index (χ1v) is 11.1. The second-order valence-electron chi connectivity index (χ2n) is 8.38. The minimum absolute atomic E-state index is 0.0596. The van der Waals surface area contributed by atoms with Gasteiger partial charge in [0.05, 0.1) is 41.4 Å². The molecule has 1 saturated heterocycles. The third-order valence-corrected chi connectivity index (χ3v) is 5.84. The minimum atomic E-state index is -4.51. The molecule has 0 radical (unpaired) electrons. The van der Waals surface area contributed by atoms with E-state index in [-0.39, 0.29) is 22.6 Å². The van der Waals surface area contributed by atoms with Crippen molar-refractivity contribution in [1.29, 1.82) is 0 Å². The zero-order valence-corrected chi connectivity index (χ0v) is 19.4. The fraction of sp³-hybridized carbons (Fsp3) is 0.320. The molecule has 2 aromatic carbocycles. The lowest BCUT2D eigenvalue weighted by Crippen LogP contribution is -2.35. The van der Waals surface area contributed by atoms with Crippen molar-refractivity contribution in [3.8, 4) is 5.69 Å². The zero-order valence-electron chi connectivity index (χ0n) is 19.4. The molecule has 2 heterocycles. The number of anilines is 1. The molecule has 1 aromatic heterocycles. The highest BCUT2D eigenvalue weighted by atomic mass is 19.4. The van der Waals surface area contributed by atoms with Crippen molar-refractivity contribution in [2.24, 2.45) is 0 Å². The van der Waals surface area contributed by atoms with E-state index in [1.807, 2.05) is 12.1 Å². The largest absolute Gasteiger partial charge is 0.416 e. The first-order valence-electron chi connectivity index (χ1n) is 11.1. The highest BCUT2D eigenvalue weighted by molar-refractivity contribution is 6.47. The summed E-state index contributed by atoms with van der Waals surface area (Å²) in [5.41, 5.74) is 1.38. The standard InChI is InChI=1S/C25H25F3N4O3/c1-16-22(17(2)32(30-16)21-8-4-6-19(14-21)25(26,27)28)23(33)24(34)29-20-7-3-5-18(13-20)15-31-9-11-35-12-10-31/h3-8,13-14H,9-12,15H2,1-2H3,(H,29,34). The van der Waals surface area contributed by atoms with Gasteiger partial charge < -0.3 is 10.1 Å². The molecule has 1 aliphatic rings. The monoisotopic (exact) mass is 486 g/mol. The maximum Gasteiger partial charge on any atom is 0.416 e. The highest BCUT2D eigenvalue weighted by Gasteiger charge is 2.31. The number of hydrogen-bond donors (Lipinski definition) is 1. The Labute approximate surface area is 200 Å². The first-order chi connectivity index (χ1) is 16.6. The van der Waals surface area contributed by atoms with Crippen molar-refractivity contribution in [2.45, 2.75) is 26.6 Å². The van der Waals surface area contributed by atoms with Crippen LogP contribution in [-0.2, 0) is 22.3 Å². The van der Waals surface area contributed by atoms with Crippen molar-refractivity contribution < 1.29 is 27.5 Å². The Kier molecular flexibility index (Phi) is 7.04. The fourth-order valence-electron chi connectivity index (χ4n) is 4.10. The summed E-state index contributed by atoms with van der Waals surface area (Å²) in [6, 6.07) is 11.9. The number of benzene rings is 2. The average Bonchev–Trinajstić information content (AvgIpc) is 3.12. The number of hydrogen-bond acceptors (Lipinski definition) is 5. The number of ether oxygens (including phenoxy) is 1. The van der Waals surface area contributed by atoms with Crippen molar-refractivity contribution in [3.63, 3.8) is 0 Å². The molecule has 0 bridgehead atoms. The van der Waals surface area contributed by atoms with Crippen molar-refractivity contribution in [2.75, 3.05) is 31.6 Å². The SMILES string of the molecule is Cc1nn(-c2cccc(C(F)(F)F)c2)c(C)c1C(=O)C(=O)Nc1cccc(CN2CCOCC2)c1. The number of nitrogens with zero attached hydrogens (tertiary/aromatic N) is 3. The Balaban J connectivity index is 1.52. The zero-order chi connectivity index (χ0) is 25.2. The molecule has 10 heteroatoms. The van der Waals surface area contributed by atoms with Gasteiger partial charge in [0.2, 0.25) is 0 Å². The van der Waals surface area contributed by atoms with E-state index in [0.717, 1.165) is 30.8 Å². The Hall–Kier alpha value is -3.50. The lowest BCUT2D eigenvalue weighted by atomic mass is 10.1. The van der Waals surface area contributed by atoms with Gasteiger partial charge in [-0.25, -0.2) is 4.68 Å². The number of carbonyl (C=O) groups excluding carboxylic acids is 2. The molecule has 7 nitrogen and oxygen atoms in total. The third kappa shape index (κ3) is 5.60. The van der Waals surface area contributed by atoms with E-state index in [1.54, 1.807) is 26.0 Å². The Morgan fingerprint density at radius 3 is 2.49 bits per heavy atom. The predicted octanol–water partition coefficient (Wildman–Crippen LogP) is 4.16. The van der Waals surface area contributed by atoms with Crippen LogP contribution in [0, 0.1) is 13.8 Å². The van der Waals surface area contributed by atoms with Gasteiger partial charge >= 0.3 is 6.18 Å². The summed E-state index contributed by atoms with van der Waals surface area (Å²) < 4.78 is 46.0. The topological polar surface area (TPSA) is 76.5 Å². The molecule has 0 atom stereocenters. The quantitative estimate of drug-likeness (QED) is 0.418. The minimum Gasteiger partial charge on any atom is -0.379 e. The van der Waals surface area contributed by atoms with Crippen LogP contribution in [0.15, 0.2) is 48.5 Å². The Bertz CT molecular complexity index is 1250. The highest BCUT2D eigenvalue weighted by Crippen LogP contribution is 2.31. The maximum atomic E-state index is 13.1. The molecule has 0 unspecified atom stereocenters. The van der Waals surface area contributed by atoms with E-state index in [2.05, 4.69) is 15.3 Å². The van der Waals surface area contributed by atoms with Crippen LogP contribution in [0.1, 0.15) is 32.9 Å². The molecular weight excluding hydrogens is 461 g/mol. The van der Waals surface area contributed by atoms with Crippen LogP contribution in [0.25, 0.3) is 5.69 Å². The molecule has 1 aliphatic heterocycles. The number of alkyl halides is 3. The van der Waals surface area contributed by atoms with Gasteiger partial charge in [0.1, 0.15) is 0 Å². The van der Waals surface area contributed by atoms with Crippen LogP contribution in [-0.4, -0.2) is 52.7 Å². The van der Waals surface area contributed by atoms with E-state index in [1.165, 1.54) is 16.8 Å². The van der Waals surface area contributed by atoms with E-state index in [9.17, 15) is 22.8 Å². The summed E-state index contributed by atoms with van der Waals surface area (Å²) in [5.74, 6) is -1.65. The molecule has 0 spiro atoms. The predicted molar refractivity (Wildman–Crippen MR) is 124 cm³/mol. The second kappa shape index (κ2) is 10.0. The van der Waals surface area contributed by atoms with Crippen LogP contribution in [0.5, 0.6) is 0 Å². The molecule has 3 aromatic rings. The number of amides is 1. The van der Waals surface area contributed by atoms with Gasteiger partial charge in [-0.3, -0.25) is 14.5 Å². The van der Waals surface area contributed by atoms with E-state index in [0.29, 0.717) is 25.4 Å². The molecule has 1 fully saturated rings. The number of ketones is 1. The second-order valence-corrected chi connectivity index (χ2v) is 8.38. The summed E-state index contributed by atoms with van der Waals surface area (Å²) in [7, 11) is 0.